The molecule has 1 aliphatic rings. The average Bonchev–Trinajstić information content (AvgIpc) is 2.07. The maximum atomic E-state index is 5.36. The van der Waals surface area contributed by atoms with Crippen LogP contribution in [0, 0.1) is 5.92 Å². The van der Waals surface area contributed by atoms with Gasteiger partial charge in [0.1, 0.15) is 0 Å². The summed E-state index contributed by atoms with van der Waals surface area (Å²) >= 11 is 0. The van der Waals surface area contributed by atoms with Crippen molar-refractivity contribution >= 4 is 0 Å². The Balaban J connectivity index is 2.09. The summed E-state index contributed by atoms with van der Waals surface area (Å²) in [6.07, 6.45) is 12.8. The maximum Gasteiger partial charge on any atom is 0.0106 e. The molecular weight excluding hydrogens is 134 g/mol. The zero-order valence-electron chi connectivity index (χ0n) is 7.26. The van der Waals surface area contributed by atoms with Crippen molar-refractivity contribution < 1.29 is 0 Å². The van der Waals surface area contributed by atoms with E-state index in [1.165, 1.54) is 38.5 Å². The van der Waals surface area contributed by atoms with Gasteiger partial charge >= 0.3 is 0 Å². The molecule has 1 aliphatic carbocycles. The van der Waals surface area contributed by atoms with Crippen molar-refractivity contribution in [3.63, 3.8) is 0 Å². The lowest BCUT2D eigenvalue weighted by Crippen LogP contribution is -2.04. The van der Waals surface area contributed by atoms with Crippen molar-refractivity contribution in [3.05, 3.63) is 12.2 Å². The first kappa shape index (κ1) is 8.79. The van der Waals surface area contributed by atoms with Crippen LogP contribution in [-0.2, 0) is 0 Å². The largest absolute Gasteiger partial charge is 0.327 e. The van der Waals surface area contributed by atoms with E-state index in [0.29, 0.717) is 6.54 Å². The summed E-state index contributed by atoms with van der Waals surface area (Å²) in [5, 5.41) is 0. The van der Waals surface area contributed by atoms with Gasteiger partial charge in [-0.2, -0.15) is 0 Å². The summed E-state index contributed by atoms with van der Waals surface area (Å²) in [7, 11) is 0. The molecule has 0 heterocycles. The Kier molecular flexibility index (Phi) is 4.29. The minimum Gasteiger partial charge on any atom is -0.327 e. The van der Waals surface area contributed by atoms with E-state index in [2.05, 4.69) is 12.2 Å². The first-order chi connectivity index (χ1) is 5.43. The molecule has 1 heteroatoms. The molecule has 0 aromatic rings. The van der Waals surface area contributed by atoms with Crippen LogP contribution in [0.4, 0.5) is 0 Å². The summed E-state index contributed by atoms with van der Waals surface area (Å²) in [5.74, 6) is 0.964. The highest BCUT2D eigenvalue weighted by Crippen LogP contribution is 2.26. The summed E-state index contributed by atoms with van der Waals surface area (Å²) in [4.78, 5) is 0. The van der Waals surface area contributed by atoms with Crippen LogP contribution < -0.4 is 5.73 Å². The Hall–Kier alpha value is -0.300. The van der Waals surface area contributed by atoms with Gasteiger partial charge in [0, 0.05) is 6.54 Å². The fourth-order valence-electron chi connectivity index (χ4n) is 1.81. The SMILES string of the molecule is NCC=CCC1CCCCC1. The van der Waals surface area contributed by atoms with Gasteiger partial charge in [0.05, 0.1) is 0 Å². The van der Waals surface area contributed by atoms with Gasteiger partial charge in [0.15, 0.2) is 0 Å². The van der Waals surface area contributed by atoms with Crippen molar-refractivity contribution in [1.29, 1.82) is 0 Å². The van der Waals surface area contributed by atoms with E-state index < -0.39 is 0 Å². The maximum absolute atomic E-state index is 5.36. The number of hydrogen-bond donors (Lipinski definition) is 1. The van der Waals surface area contributed by atoms with E-state index in [9.17, 15) is 0 Å². The number of allylic oxidation sites excluding steroid dienone is 1. The summed E-state index contributed by atoms with van der Waals surface area (Å²) in [6, 6.07) is 0. The molecule has 0 unspecified atom stereocenters. The highest BCUT2D eigenvalue weighted by molar-refractivity contribution is 4.85. The van der Waals surface area contributed by atoms with Crippen molar-refractivity contribution in [1.82, 2.24) is 0 Å². The lowest BCUT2D eigenvalue weighted by atomic mass is 9.87. The van der Waals surface area contributed by atoms with Crippen molar-refractivity contribution in [2.24, 2.45) is 11.7 Å². The third-order valence-electron chi connectivity index (χ3n) is 2.50. The van der Waals surface area contributed by atoms with Gasteiger partial charge in [-0.05, 0) is 12.3 Å². The van der Waals surface area contributed by atoms with Gasteiger partial charge in [-0.25, -0.2) is 0 Å². The van der Waals surface area contributed by atoms with Gasteiger partial charge in [-0.3, -0.25) is 0 Å². The molecule has 0 atom stereocenters. The number of hydrogen-bond acceptors (Lipinski definition) is 1. The first-order valence-electron chi connectivity index (χ1n) is 4.78. The standard InChI is InChI=1S/C10H19N/c11-9-5-4-8-10-6-2-1-3-7-10/h4-5,10H,1-3,6-9,11H2. The van der Waals surface area contributed by atoms with Crippen molar-refractivity contribution in [3.8, 4) is 0 Å². The van der Waals surface area contributed by atoms with Gasteiger partial charge in [0.2, 0.25) is 0 Å². The van der Waals surface area contributed by atoms with Crippen molar-refractivity contribution in [2.75, 3.05) is 6.54 Å². The van der Waals surface area contributed by atoms with Gasteiger partial charge < -0.3 is 5.73 Å². The zero-order valence-corrected chi connectivity index (χ0v) is 7.26. The lowest BCUT2D eigenvalue weighted by Gasteiger charge is -2.19. The van der Waals surface area contributed by atoms with Crippen LogP contribution in [0.3, 0.4) is 0 Å². The van der Waals surface area contributed by atoms with Crippen LogP contribution in [0.15, 0.2) is 12.2 Å². The highest BCUT2D eigenvalue weighted by atomic mass is 14.5. The second-order valence-corrected chi connectivity index (χ2v) is 3.45. The monoisotopic (exact) mass is 153 g/mol. The van der Waals surface area contributed by atoms with E-state index in [1.807, 2.05) is 0 Å². The molecular formula is C10H19N. The lowest BCUT2D eigenvalue weighted by molar-refractivity contribution is 0.361. The molecule has 1 fully saturated rings. The van der Waals surface area contributed by atoms with Crippen LogP contribution in [-0.4, -0.2) is 6.54 Å². The van der Waals surface area contributed by atoms with Crippen molar-refractivity contribution in [2.45, 2.75) is 38.5 Å². The zero-order chi connectivity index (χ0) is 7.94. The molecule has 0 aliphatic heterocycles. The fraction of sp³-hybridized carbons (Fsp3) is 0.800. The van der Waals surface area contributed by atoms with Gasteiger partial charge in [0.25, 0.3) is 0 Å². The second kappa shape index (κ2) is 5.36. The molecule has 1 nitrogen and oxygen atoms in total. The molecule has 1 rings (SSSR count). The predicted molar refractivity (Wildman–Crippen MR) is 49.4 cm³/mol. The van der Waals surface area contributed by atoms with Crippen LogP contribution in [0.1, 0.15) is 38.5 Å². The highest BCUT2D eigenvalue weighted by Gasteiger charge is 2.10. The fourth-order valence-corrected chi connectivity index (χ4v) is 1.81. The molecule has 0 bridgehead atoms. The second-order valence-electron chi connectivity index (χ2n) is 3.45. The Morgan fingerprint density at radius 3 is 2.45 bits per heavy atom. The Labute approximate surface area is 69.7 Å². The summed E-state index contributed by atoms with van der Waals surface area (Å²) < 4.78 is 0. The summed E-state index contributed by atoms with van der Waals surface area (Å²) in [6.45, 7) is 0.701. The van der Waals surface area contributed by atoms with Crippen LogP contribution >= 0.6 is 0 Å². The topological polar surface area (TPSA) is 26.0 Å². The molecule has 0 aromatic heterocycles. The normalized spacial score (nSPS) is 21.2. The third-order valence-corrected chi connectivity index (χ3v) is 2.50. The average molecular weight is 153 g/mol. The number of rotatable bonds is 3. The van der Waals surface area contributed by atoms with Crippen LogP contribution in [0.2, 0.25) is 0 Å². The van der Waals surface area contributed by atoms with E-state index in [0.717, 1.165) is 5.92 Å². The van der Waals surface area contributed by atoms with E-state index in [4.69, 9.17) is 5.73 Å². The van der Waals surface area contributed by atoms with Gasteiger partial charge in [-0.1, -0.05) is 44.3 Å². The molecule has 0 amide bonds. The van der Waals surface area contributed by atoms with E-state index in [1.54, 1.807) is 0 Å². The number of nitrogens with two attached hydrogens (primary N) is 1. The first-order valence-corrected chi connectivity index (χ1v) is 4.78. The molecule has 0 spiro atoms. The molecule has 0 aromatic carbocycles. The predicted octanol–water partition coefficient (Wildman–Crippen LogP) is 2.47. The summed E-state index contributed by atoms with van der Waals surface area (Å²) in [5.41, 5.74) is 5.36. The molecule has 64 valence electrons. The molecule has 2 N–H and O–H groups in total. The minimum absolute atomic E-state index is 0.701. The molecule has 1 saturated carbocycles. The van der Waals surface area contributed by atoms with Crippen LogP contribution in [0.5, 0.6) is 0 Å². The molecule has 0 radical (unpaired) electrons. The van der Waals surface area contributed by atoms with Gasteiger partial charge in [-0.15, -0.1) is 0 Å². The van der Waals surface area contributed by atoms with E-state index >= 15 is 0 Å². The van der Waals surface area contributed by atoms with E-state index in [-0.39, 0.29) is 0 Å². The Morgan fingerprint density at radius 1 is 1.09 bits per heavy atom. The minimum atomic E-state index is 0.701. The Morgan fingerprint density at radius 2 is 1.82 bits per heavy atom. The van der Waals surface area contributed by atoms with Crippen LogP contribution in [0.25, 0.3) is 0 Å². The smallest absolute Gasteiger partial charge is 0.0106 e. The molecule has 11 heavy (non-hydrogen) atoms. The Bertz CT molecular complexity index is 112. The quantitative estimate of drug-likeness (QED) is 0.619. The third kappa shape index (κ3) is 3.57. The molecule has 0 saturated heterocycles.